The van der Waals surface area contributed by atoms with Crippen molar-refractivity contribution in [2.75, 3.05) is 13.1 Å². The lowest BCUT2D eigenvalue weighted by molar-refractivity contribution is 0.114. The van der Waals surface area contributed by atoms with Crippen molar-refractivity contribution in [2.24, 2.45) is 5.92 Å². The Balaban J connectivity index is 1.59. The molecule has 2 aliphatic rings. The number of nitrogens with zero attached hydrogens (tertiary/aromatic N) is 2. The third kappa shape index (κ3) is 2.82. The number of hydrogen-bond acceptors (Lipinski definition) is 2. The summed E-state index contributed by atoms with van der Waals surface area (Å²) in [6.07, 6.45) is 1.17. The summed E-state index contributed by atoms with van der Waals surface area (Å²) in [5.41, 5.74) is 2.38. The number of halogens is 2. The van der Waals surface area contributed by atoms with Gasteiger partial charge in [-0.1, -0.05) is 41.4 Å². The lowest BCUT2D eigenvalue weighted by Gasteiger charge is -2.42. The van der Waals surface area contributed by atoms with Crippen molar-refractivity contribution < 1.29 is 0 Å². The van der Waals surface area contributed by atoms with E-state index in [1.165, 1.54) is 12.1 Å². The molecule has 0 radical (unpaired) electrons. The first kappa shape index (κ1) is 15.3. The molecule has 5 heteroatoms. The topological polar surface area (TPSA) is 25.2 Å². The maximum atomic E-state index is 12.1. The molecule has 0 aliphatic carbocycles. The maximum absolute atomic E-state index is 12.1. The summed E-state index contributed by atoms with van der Waals surface area (Å²) < 4.78 is 1.96. The van der Waals surface area contributed by atoms with Crippen LogP contribution < -0.4 is 5.56 Å². The Hall–Kier alpha value is -1.29. The van der Waals surface area contributed by atoms with Crippen molar-refractivity contribution in [1.82, 2.24) is 9.47 Å². The molecule has 2 aliphatic heterocycles. The Kier molecular flexibility index (Phi) is 3.96. The second kappa shape index (κ2) is 5.97. The van der Waals surface area contributed by atoms with Gasteiger partial charge in [0.1, 0.15) is 0 Å². The maximum Gasteiger partial charge on any atom is 0.250 e. The van der Waals surface area contributed by atoms with Crippen LogP contribution in [0.1, 0.15) is 23.6 Å². The zero-order chi connectivity index (χ0) is 16.0. The van der Waals surface area contributed by atoms with Gasteiger partial charge in [-0.2, -0.15) is 0 Å². The lowest BCUT2D eigenvalue weighted by atomic mass is 9.83. The van der Waals surface area contributed by atoms with E-state index < -0.39 is 0 Å². The first-order valence-corrected chi connectivity index (χ1v) is 8.72. The van der Waals surface area contributed by atoms with Gasteiger partial charge >= 0.3 is 0 Å². The number of piperidine rings is 1. The standard InChI is InChI=1S/C18H18Cl2N2O/c19-15-4-1-3-13(18(15)20)10-21-8-12-7-14(11-21)16-5-2-6-17(23)22(16)9-12/h1-6,12,14H,7-11H2/t12-,14-/m1/s1. The Labute approximate surface area is 145 Å². The van der Waals surface area contributed by atoms with Gasteiger partial charge in [-0.05, 0) is 30.0 Å². The van der Waals surface area contributed by atoms with Crippen LogP contribution in [0.15, 0.2) is 41.2 Å². The summed E-state index contributed by atoms with van der Waals surface area (Å²) in [6, 6.07) is 11.4. The van der Waals surface area contributed by atoms with Crippen molar-refractivity contribution in [2.45, 2.75) is 25.4 Å². The van der Waals surface area contributed by atoms with Crippen LogP contribution in [-0.4, -0.2) is 22.6 Å². The molecule has 23 heavy (non-hydrogen) atoms. The van der Waals surface area contributed by atoms with Gasteiger partial charge in [0.2, 0.25) is 0 Å². The zero-order valence-electron chi connectivity index (χ0n) is 12.7. The highest BCUT2D eigenvalue weighted by Crippen LogP contribution is 2.36. The third-order valence-electron chi connectivity index (χ3n) is 4.98. The molecule has 0 amide bonds. The summed E-state index contributed by atoms with van der Waals surface area (Å²) in [7, 11) is 0. The van der Waals surface area contributed by atoms with E-state index in [-0.39, 0.29) is 5.56 Å². The molecule has 1 fully saturated rings. The molecule has 0 saturated carbocycles. The molecule has 1 aromatic heterocycles. The van der Waals surface area contributed by atoms with Gasteiger partial charge < -0.3 is 4.57 Å². The molecular weight excluding hydrogens is 331 g/mol. The van der Waals surface area contributed by atoms with Gasteiger partial charge in [-0.15, -0.1) is 0 Å². The molecule has 3 heterocycles. The van der Waals surface area contributed by atoms with E-state index in [2.05, 4.69) is 11.0 Å². The van der Waals surface area contributed by atoms with Crippen molar-refractivity contribution >= 4 is 23.2 Å². The van der Waals surface area contributed by atoms with Crippen molar-refractivity contribution in [3.05, 3.63) is 68.1 Å². The molecule has 3 nitrogen and oxygen atoms in total. The molecule has 2 atom stereocenters. The Morgan fingerprint density at radius 2 is 1.87 bits per heavy atom. The van der Waals surface area contributed by atoms with E-state index in [0.29, 0.717) is 21.9 Å². The number of rotatable bonds is 2. The van der Waals surface area contributed by atoms with Crippen molar-refractivity contribution in [3.63, 3.8) is 0 Å². The first-order valence-electron chi connectivity index (χ1n) is 7.97. The van der Waals surface area contributed by atoms with E-state index in [1.807, 2.05) is 28.8 Å². The minimum Gasteiger partial charge on any atom is -0.312 e. The highest BCUT2D eigenvalue weighted by molar-refractivity contribution is 6.42. The lowest BCUT2D eigenvalue weighted by Crippen LogP contribution is -2.46. The molecule has 2 aromatic rings. The number of fused-ring (bicyclic) bond motifs is 4. The highest BCUT2D eigenvalue weighted by atomic mass is 35.5. The summed E-state index contributed by atoms with van der Waals surface area (Å²) >= 11 is 12.5. The molecular formula is C18H18Cl2N2O. The van der Waals surface area contributed by atoms with Gasteiger partial charge in [0.25, 0.3) is 5.56 Å². The van der Waals surface area contributed by atoms with E-state index in [4.69, 9.17) is 23.2 Å². The zero-order valence-corrected chi connectivity index (χ0v) is 14.2. The van der Waals surface area contributed by atoms with Crippen LogP contribution >= 0.6 is 23.2 Å². The SMILES string of the molecule is O=c1cccc2n1C[C@@H]1C[C@@H]2CN(Cc2cccc(Cl)c2Cl)C1. The van der Waals surface area contributed by atoms with Gasteiger partial charge in [0.05, 0.1) is 10.0 Å². The fourth-order valence-electron chi connectivity index (χ4n) is 4.04. The summed E-state index contributed by atoms with van der Waals surface area (Å²) in [5, 5.41) is 1.26. The van der Waals surface area contributed by atoms with E-state index in [9.17, 15) is 4.79 Å². The average molecular weight is 349 g/mol. The fraction of sp³-hybridized carbons (Fsp3) is 0.389. The highest BCUT2D eigenvalue weighted by Gasteiger charge is 2.34. The number of benzene rings is 1. The molecule has 0 N–H and O–H groups in total. The molecule has 2 bridgehead atoms. The summed E-state index contributed by atoms with van der Waals surface area (Å²) in [6.45, 7) is 3.59. The number of pyridine rings is 1. The van der Waals surface area contributed by atoms with Gasteiger partial charge in [0.15, 0.2) is 0 Å². The van der Waals surface area contributed by atoms with E-state index in [1.54, 1.807) is 6.07 Å². The van der Waals surface area contributed by atoms with Crippen molar-refractivity contribution in [1.29, 1.82) is 0 Å². The van der Waals surface area contributed by atoms with Crippen LogP contribution in [0.25, 0.3) is 0 Å². The number of likely N-dealkylation sites (tertiary alicyclic amines) is 1. The minimum absolute atomic E-state index is 0.128. The van der Waals surface area contributed by atoms with Gasteiger partial charge in [-0.3, -0.25) is 9.69 Å². The number of hydrogen-bond donors (Lipinski definition) is 0. The van der Waals surface area contributed by atoms with Crippen LogP contribution in [0, 0.1) is 5.92 Å². The van der Waals surface area contributed by atoms with Crippen LogP contribution in [0.5, 0.6) is 0 Å². The Morgan fingerprint density at radius 1 is 1.04 bits per heavy atom. The summed E-state index contributed by atoms with van der Waals surface area (Å²) in [4.78, 5) is 14.5. The smallest absolute Gasteiger partial charge is 0.250 e. The predicted octanol–water partition coefficient (Wildman–Crippen LogP) is 3.77. The Morgan fingerprint density at radius 3 is 2.74 bits per heavy atom. The summed E-state index contributed by atoms with van der Waals surface area (Å²) in [5.74, 6) is 0.952. The van der Waals surface area contributed by atoms with Crippen molar-refractivity contribution in [3.8, 4) is 0 Å². The minimum atomic E-state index is 0.128. The van der Waals surface area contributed by atoms with Gasteiger partial charge in [0, 0.05) is 43.9 Å². The second-order valence-corrected chi connectivity index (χ2v) is 7.39. The van der Waals surface area contributed by atoms with Crippen LogP contribution in [0.3, 0.4) is 0 Å². The largest absolute Gasteiger partial charge is 0.312 e. The normalized spacial score (nSPS) is 23.6. The second-order valence-electron chi connectivity index (χ2n) is 6.61. The molecule has 1 saturated heterocycles. The van der Waals surface area contributed by atoms with Crippen LogP contribution in [0.4, 0.5) is 0 Å². The first-order chi connectivity index (χ1) is 11.1. The molecule has 1 aromatic carbocycles. The van der Waals surface area contributed by atoms with Gasteiger partial charge in [-0.25, -0.2) is 0 Å². The molecule has 0 unspecified atom stereocenters. The molecule has 0 spiro atoms. The molecule has 4 rings (SSSR count). The van der Waals surface area contributed by atoms with E-state index in [0.717, 1.165) is 31.7 Å². The third-order valence-corrected chi connectivity index (χ3v) is 5.84. The quantitative estimate of drug-likeness (QED) is 0.825. The number of aromatic nitrogens is 1. The Bertz CT molecular complexity index is 802. The molecule has 120 valence electrons. The monoisotopic (exact) mass is 348 g/mol. The average Bonchev–Trinajstić information content (AvgIpc) is 2.53. The fourth-order valence-corrected chi connectivity index (χ4v) is 4.42. The van der Waals surface area contributed by atoms with Crippen LogP contribution in [-0.2, 0) is 13.1 Å². The van der Waals surface area contributed by atoms with Crippen LogP contribution in [0.2, 0.25) is 10.0 Å². The van der Waals surface area contributed by atoms with E-state index >= 15 is 0 Å². The predicted molar refractivity (Wildman–Crippen MR) is 93.3 cm³/mol.